The number of halogens is 1. The Morgan fingerprint density at radius 2 is 2.17 bits per heavy atom. The maximum Gasteiger partial charge on any atom is 0.323 e. The van der Waals surface area contributed by atoms with Crippen molar-refractivity contribution in [2.75, 3.05) is 6.54 Å². The molecule has 7 nitrogen and oxygen atoms in total. The molecular formula is C15H15FN4O3. The highest BCUT2D eigenvalue weighted by atomic mass is 19.1. The Kier molecular flexibility index (Phi) is 4.05. The number of carboxylic acids is 1. The molecule has 0 bridgehead atoms. The van der Waals surface area contributed by atoms with E-state index in [4.69, 9.17) is 5.11 Å². The van der Waals surface area contributed by atoms with Gasteiger partial charge >= 0.3 is 5.97 Å². The maximum absolute atomic E-state index is 13.2. The van der Waals surface area contributed by atoms with Gasteiger partial charge in [0, 0.05) is 6.04 Å². The summed E-state index contributed by atoms with van der Waals surface area (Å²) in [5.41, 5.74) is 0.785. The van der Waals surface area contributed by atoms with Crippen molar-refractivity contribution >= 4 is 11.9 Å². The second-order valence-corrected chi connectivity index (χ2v) is 5.49. The van der Waals surface area contributed by atoms with Crippen LogP contribution in [0.5, 0.6) is 0 Å². The molecule has 1 N–H and O–H groups in total. The van der Waals surface area contributed by atoms with Gasteiger partial charge in [-0.3, -0.25) is 9.59 Å². The lowest BCUT2D eigenvalue weighted by molar-refractivity contribution is -0.137. The Hall–Kier alpha value is -2.77. The Morgan fingerprint density at radius 1 is 1.39 bits per heavy atom. The van der Waals surface area contributed by atoms with Crippen LogP contribution < -0.4 is 0 Å². The van der Waals surface area contributed by atoms with E-state index in [0.29, 0.717) is 5.56 Å². The Morgan fingerprint density at radius 3 is 2.83 bits per heavy atom. The highest BCUT2D eigenvalue weighted by Crippen LogP contribution is 2.27. The molecule has 1 aliphatic rings. The molecule has 1 amide bonds. The Bertz CT molecular complexity index is 742. The zero-order valence-corrected chi connectivity index (χ0v) is 12.2. The van der Waals surface area contributed by atoms with Gasteiger partial charge in [-0.2, -0.15) is 0 Å². The second-order valence-electron chi connectivity index (χ2n) is 5.49. The molecule has 8 heteroatoms. The summed E-state index contributed by atoms with van der Waals surface area (Å²) in [4.78, 5) is 24.6. The van der Waals surface area contributed by atoms with Crippen molar-refractivity contribution < 1.29 is 19.1 Å². The van der Waals surface area contributed by atoms with Crippen LogP contribution in [0.15, 0.2) is 30.5 Å². The predicted octanol–water partition coefficient (Wildman–Crippen LogP) is 1.15. The summed E-state index contributed by atoms with van der Waals surface area (Å²) in [6, 6.07) is 6.03. The van der Waals surface area contributed by atoms with Crippen LogP contribution in [0.4, 0.5) is 4.39 Å². The van der Waals surface area contributed by atoms with Crippen molar-refractivity contribution in [3.05, 3.63) is 47.5 Å². The molecule has 0 spiro atoms. The lowest BCUT2D eigenvalue weighted by atomic mass is 10.2. The fourth-order valence-electron chi connectivity index (χ4n) is 2.34. The van der Waals surface area contributed by atoms with Gasteiger partial charge in [0.2, 0.25) is 0 Å². The van der Waals surface area contributed by atoms with Crippen LogP contribution in [-0.4, -0.2) is 49.5 Å². The average molecular weight is 318 g/mol. The molecule has 0 atom stereocenters. The second kappa shape index (κ2) is 6.15. The van der Waals surface area contributed by atoms with Gasteiger partial charge in [0.1, 0.15) is 12.4 Å². The lowest BCUT2D eigenvalue weighted by Crippen LogP contribution is -2.37. The molecule has 1 aromatic heterocycles. The number of nitrogens with zero attached hydrogens (tertiary/aromatic N) is 4. The van der Waals surface area contributed by atoms with E-state index in [0.717, 1.165) is 12.8 Å². The minimum Gasteiger partial charge on any atom is -0.480 e. The minimum absolute atomic E-state index is 0.0352. The first kappa shape index (κ1) is 15.1. The number of hydrogen-bond acceptors (Lipinski definition) is 4. The van der Waals surface area contributed by atoms with Crippen molar-refractivity contribution in [3.8, 4) is 0 Å². The van der Waals surface area contributed by atoms with E-state index in [1.165, 1.54) is 27.9 Å². The number of carboxylic acid groups (broad SMARTS) is 1. The zero-order valence-electron chi connectivity index (χ0n) is 12.2. The summed E-state index contributed by atoms with van der Waals surface area (Å²) in [5.74, 6) is -1.85. The largest absolute Gasteiger partial charge is 0.480 e. The van der Waals surface area contributed by atoms with E-state index < -0.39 is 11.9 Å². The molecule has 0 radical (unpaired) electrons. The average Bonchev–Trinajstić information content (AvgIpc) is 3.23. The van der Waals surface area contributed by atoms with Crippen molar-refractivity contribution in [2.45, 2.75) is 25.4 Å². The summed E-state index contributed by atoms with van der Waals surface area (Å²) in [5, 5.41) is 16.6. The van der Waals surface area contributed by atoms with Gasteiger partial charge < -0.3 is 10.0 Å². The number of benzene rings is 1. The first-order valence-corrected chi connectivity index (χ1v) is 7.20. The SMILES string of the molecule is O=C(O)CN(C(=O)c1cn(Cc2cccc(F)c2)nn1)C1CC1. The van der Waals surface area contributed by atoms with Gasteiger partial charge in [-0.05, 0) is 30.5 Å². The van der Waals surface area contributed by atoms with Crippen LogP contribution in [-0.2, 0) is 11.3 Å². The van der Waals surface area contributed by atoms with Gasteiger partial charge in [0.05, 0.1) is 12.7 Å². The molecule has 1 heterocycles. The molecule has 0 saturated heterocycles. The predicted molar refractivity (Wildman–Crippen MR) is 77.2 cm³/mol. The minimum atomic E-state index is -1.06. The van der Waals surface area contributed by atoms with Gasteiger partial charge in [0.25, 0.3) is 5.91 Å². The molecule has 1 aromatic carbocycles. The standard InChI is InChI=1S/C15H15FN4O3/c16-11-3-1-2-10(6-11)7-19-8-13(17-18-19)15(23)20(9-14(21)22)12-4-5-12/h1-3,6,8,12H,4-5,7,9H2,(H,21,22). The Balaban J connectivity index is 1.72. The molecular weight excluding hydrogens is 303 g/mol. The molecule has 2 aromatic rings. The third-order valence-electron chi connectivity index (χ3n) is 3.55. The highest BCUT2D eigenvalue weighted by molar-refractivity contribution is 5.94. The van der Waals surface area contributed by atoms with Crippen LogP contribution >= 0.6 is 0 Å². The molecule has 120 valence electrons. The number of rotatable bonds is 6. The van der Waals surface area contributed by atoms with Crippen LogP contribution in [0.3, 0.4) is 0 Å². The highest BCUT2D eigenvalue weighted by Gasteiger charge is 2.35. The number of hydrogen-bond donors (Lipinski definition) is 1. The molecule has 23 heavy (non-hydrogen) atoms. The molecule has 1 saturated carbocycles. The third-order valence-corrected chi connectivity index (χ3v) is 3.55. The fraction of sp³-hybridized carbons (Fsp3) is 0.333. The summed E-state index contributed by atoms with van der Waals surface area (Å²) in [6.45, 7) is -0.0688. The maximum atomic E-state index is 13.2. The summed E-state index contributed by atoms with van der Waals surface area (Å²) in [7, 11) is 0. The smallest absolute Gasteiger partial charge is 0.323 e. The zero-order chi connectivity index (χ0) is 16.4. The quantitative estimate of drug-likeness (QED) is 0.863. The fourth-order valence-corrected chi connectivity index (χ4v) is 2.34. The van der Waals surface area contributed by atoms with Gasteiger partial charge in [-0.25, -0.2) is 9.07 Å². The van der Waals surface area contributed by atoms with Crippen molar-refractivity contribution in [2.24, 2.45) is 0 Å². The summed E-state index contributed by atoms with van der Waals surface area (Å²) in [6.07, 6.45) is 3.05. The van der Waals surface area contributed by atoms with Crippen LogP contribution in [0.25, 0.3) is 0 Å². The van der Waals surface area contributed by atoms with E-state index >= 15 is 0 Å². The van der Waals surface area contributed by atoms with Gasteiger partial charge in [-0.15, -0.1) is 5.10 Å². The lowest BCUT2D eigenvalue weighted by Gasteiger charge is -2.18. The number of aliphatic carboxylic acids is 1. The van der Waals surface area contributed by atoms with Crippen LogP contribution in [0, 0.1) is 5.82 Å². The van der Waals surface area contributed by atoms with E-state index in [2.05, 4.69) is 10.3 Å². The topological polar surface area (TPSA) is 88.3 Å². The van der Waals surface area contributed by atoms with Crippen molar-refractivity contribution in [1.82, 2.24) is 19.9 Å². The third kappa shape index (κ3) is 3.71. The first-order valence-electron chi connectivity index (χ1n) is 7.20. The van der Waals surface area contributed by atoms with Crippen LogP contribution in [0.2, 0.25) is 0 Å². The molecule has 3 rings (SSSR count). The normalized spacial score (nSPS) is 13.8. The van der Waals surface area contributed by atoms with Gasteiger partial charge in [-0.1, -0.05) is 17.3 Å². The van der Waals surface area contributed by atoms with Crippen LogP contribution in [0.1, 0.15) is 28.9 Å². The summed E-state index contributed by atoms with van der Waals surface area (Å²) >= 11 is 0. The van der Waals surface area contributed by atoms with Crippen molar-refractivity contribution in [3.63, 3.8) is 0 Å². The number of aromatic nitrogens is 3. The monoisotopic (exact) mass is 318 g/mol. The number of carbonyl (C=O) groups excluding carboxylic acids is 1. The molecule has 1 fully saturated rings. The van der Waals surface area contributed by atoms with E-state index in [9.17, 15) is 14.0 Å². The molecule has 0 aliphatic heterocycles. The van der Waals surface area contributed by atoms with Gasteiger partial charge in [0.15, 0.2) is 5.69 Å². The van der Waals surface area contributed by atoms with E-state index in [-0.39, 0.29) is 30.6 Å². The van der Waals surface area contributed by atoms with E-state index in [1.54, 1.807) is 12.1 Å². The number of amides is 1. The van der Waals surface area contributed by atoms with E-state index in [1.807, 2.05) is 0 Å². The molecule has 0 unspecified atom stereocenters. The first-order chi connectivity index (χ1) is 11.0. The Labute approximate surface area is 131 Å². The summed E-state index contributed by atoms with van der Waals surface area (Å²) < 4.78 is 14.6. The number of carbonyl (C=O) groups is 2. The van der Waals surface area contributed by atoms with Crippen molar-refractivity contribution in [1.29, 1.82) is 0 Å². The molecule has 1 aliphatic carbocycles.